The van der Waals surface area contributed by atoms with Crippen LogP contribution in [0.2, 0.25) is 0 Å². The average molecular weight is 389 g/mol. The van der Waals surface area contributed by atoms with Crippen LogP contribution in [0.1, 0.15) is 68.4 Å². The third-order valence-electron chi connectivity index (χ3n) is 4.90. The maximum atomic E-state index is 3.96. The van der Waals surface area contributed by atoms with Crippen LogP contribution in [0.4, 0.5) is 0 Å². The zero-order valence-electron chi connectivity index (χ0n) is 11.8. The Kier molecular flexibility index (Phi) is 4.86. The first-order valence-electron chi connectivity index (χ1n) is 7.78. The molecule has 0 saturated heterocycles. The second kappa shape index (κ2) is 6.44. The molecule has 3 heteroatoms. The van der Waals surface area contributed by atoms with E-state index in [1.807, 2.05) is 11.3 Å². The van der Waals surface area contributed by atoms with Crippen LogP contribution in [0, 0.1) is 8.80 Å². The Hall–Kier alpha value is 0.390. The molecule has 2 atom stereocenters. The van der Waals surface area contributed by atoms with E-state index in [1.54, 1.807) is 10.4 Å². The van der Waals surface area contributed by atoms with Crippen molar-refractivity contribution in [2.75, 3.05) is 0 Å². The van der Waals surface area contributed by atoms with Crippen LogP contribution in [0.25, 0.3) is 0 Å². The molecule has 1 N–H and O–H groups in total. The fourth-order valence-corrected chi connectivity index (χ4v) is 5.90. The highest BCUT2D eigenvalue weighted by Gasteiger charge is 2.27. The Morgan fingerprint density at radius 2 is 2.00 bits per heavy atom. The van der Waals surface area contributed by atoms with Gasteiger partial charge in [0.05, 0.1) is 2.88 Å². The van der Waals surface area contributed by atoms with E-state index in [0.29, 0.717) is 12.1 Å². The monoisotopic (exact) mass is 389 g/mol. The van der Waals surface area contributed by atoms with Gasteiger partial charge in [-0.3, -0.25) is 0 Å². The highest BCUT2D eigenvalue weighted by atomic mass is 127. The number of halogens is 1. The number of aryl methyl sites for hydroxylation is 1. The minimum absolute atomic E-state index is 0.625. The molecule has 0 bridgehead atoms. The van der Waals surface area contributed by atoms with Crippen LogP contribution in [0.15, 0.2) is 6.07 Å². The highest BCUT2D eigenvalue weighted by molar-refractivity contribution is 14.1. The molecule has 1 saturated carbocycles. The number of rotatable bonds is 3. The Morgan fingerprint density at radius 1 is 1.21 bits per heavy atom. The zero-order chi connectivity index (χ0) is 13.2. The molecular formula is C16H24INS. The zero-order valence-corrected chi connectivity index (χ0v) is 14.7. The predicted molar refractivity (Wildman–Crippen MR) is 91.9 cm³/mol. The van der Waals surface area contributed by atoms with Crippen LogP contribution in [-0.4, -0.2) is 6.04 Å². The lowest BCUT2D eigenvalue weighted by Gasteiger charge is -2.33. The van der Waals surface area contributed by atoms with Crippen LogP contribution >= 0.6 is 33.9 Å². The number of fused-ring (bicyclic) bond motifs is 1. The summed E-state index contributed by atoms with van der Waals surface area (Å²) in [5.74, 6) is 0.914. The summed E-state index contributed by atoms with van der Waals surface area (Å²) in [5, 5.41) is 3.96. The SMILES string of the molecule is C[C@H](NC1CCCc2sc(I)cc21)C1CCCCC1. The summed E-state index contributed by atoms with van der Waals surface area (Å²) in [4.78, 5) is 1.64. The van der Waals surface area contributed by atoms with E-state index in [9.17, 15) is 0 Å². The van der Waals surface area contributed by atoms with Crippen molar-refractivity contribution in [3.63, 3.8) is 0 Å². The predicted octanol–water partition coefficient (Wildman–Crippen LogP) is 5.29. The van der Waals surface area contributed by atoms with Crippen LogP contribution in [0.5, 0.6) is 0 Å². The lowest BCUT2D eigenvalue weighted by atomic mass is 9.83. The number of hydrogen-bond donors (Lipinski definition) is 1. The van der Waals surface area contributed by atoms with Gasteiger partial charge in [-0.05, 0) is 79.2 Å². The second-order valence-electron chi connectivity index (χ2n) is 6.23. The molecule has 1 nitrogen and oxygen atoms in total. The maximum Gasteiger partial charge on any atom is 0.0659 e. The van der Waals surface area contributed by atoms with Crippen molar-refractivity contribution >= 4 is 33.9 Å². The van der Waals surface area contributed by atoms with Gasteiger partial charge in [-0.1, -0.05) is 19.3 Å². The summed E-state index contributed by atoms with van der Waals surface area (Å²) in [7, 11) is 0. The quantitative estimate of drug-likeness (QED) is 0.693. The van der Waals surface area contributed by atoms with Gasteiger partial charge in [0, 0.05) is 17.0 Å². The van der Waals surface area contributed by atoms with E-state index in [1.165, 1.54) is 54.3 Å². The Labute approximate surface area is 134 Å². The van der Waals surface area contributed by atoms with Gasteiger partial charge in [-0.25, -0.2) is 0 Å². The molecule has 1 aromatic heterocycles. The van der Waals surface area contributed by atoms with Crippen molar-refractivity contribution in [1.29, 1.82) is 0 Å². The van der Waals surface area contributed by atoms with E-state index in [2.05, 4.69) is 40.9 Å². The van der Waals surface area contributed by atoms with E-state index >= 15 is 0 Å². The minimum atomic E-state index is 0.625. The van der Waals surface area contributed by atoms with Crippen LogP contribution < -0.4 is 5.32 Å². The van der Waals surface area contributed by atoms with Gasteiger partial charge in [0.1, 0.15) is 0 Å². The summed E-state index contributed by atoms with van der Waals surface area (Å²) >= 11 is 4.48. The molecule has 0 radical (unpaired) electrons. The number of thiophene rings is 1. The first kappa shape index (κ1) is 14.3. The molecule has 2 aliphatic carbocycles. The molecule has 0 aliphatic heterocycles. The molecule has 3 rings (SSSR count). The minimum Gasteiger partial charge on any atom is -0.307 e. The van der Waals surface area contributed by atoms with Gasteiger partial charge in [-0.2, -0.15) is 0 Å². The molecule has 19 heavy (non-hydrogen) atoms. The summed E-state index contributed by atoms with van der Waals surface area (Å²) in [6.07, 6.45) is 11.2. The molecule has 1 aromatic rings. The highest BCUT2D eigenvalue weighted by Crippen LogP contribution is 2.37. The Balaban J connectivity index is 1.66. The Bertz CT molecular complexity index is 422. The fraction of sp³-hybridized carbons (Fsp3) is 0.750. The average Bonchev–Trinajstić information content (AvgIpc) is 2.81. The first-order valence-corrected chi connectivity index (χ1v) is 9.67. The topological polar surface area (TPSA) is 12.0 Å². The standard InChI is InChI=1S/C16H24INS/c1-11(12-6-3-2-4-7-12)18-14-8-5-9-15-13(14)10-16(17)19-15/h10-12,14,18H,2-9H2,1H3/t11-,14?/m0/s1. The normalized spacial score (nSPS) is 26.1. The molecule has 0 spiro atoms. The van der Waals surface area contributed by atoms with Crippen LogP contribution in [0.3, 0.4) is 0 Å². The molecule has 1 fully saturated rings. The van der Waals surface area contributed by atoms with Gasteiger partial charge in [-0.15, -0.1) is 11.3 Å². The molecule has 2 aliphatic rings. The third-order valence-corrected chi connectivity index (χ3v) is 6.88. The smallest absolute Gasteiger partial charge is 0.0659 e. The molecular weight excluding hydrogens is 365 g/mol. The Morgan fingerprint density at radius 3 is 2.79 bits per heavy atom. The van der Waals surface area contributed by atoms with E-state index < -0.39 is 0 Å². The van der Waals surface area contributed by atoms with Crippen molar-refractivity contribution in [3.8, 4) is 0 Å². The largest absolute Gasteiger partial charge is 0.307 e. The summed E-state index contributed by atoms with van der Waals surface area (Å²) in [6.45, 7) is 2.42. The third kappa shape index (κ3) is 3.35. The summed E-state index contributed by atoms with van der Waals surface area (Å²) < 4.78 is 1.46. The molecule has 106 valence electrons. The maximum absolute atomic E-state index is 3.96. The van der Waals surface area contributed by atoms with Crippen molar-refractivity contribution in [2.45, 2.75) is 70.4 Å². The van der Waals surface area contributed by atoms with Crippen LogP contribution in [-0.2, 0) is 6.42 Å². The molecule has 0 aromatic carbocycles. The lowest BCUT2D eigenvalue weighted by Crippen LogP contribution is -2.38. The van der Waals surface area contributed by atoms with Gasteiger partial charge in [0.25, 0.3) is 0 Å². The molecule has 0 amide bonds. The van der Waals surface area contributed by atoms with Gasteiger partial charge in [0.15, 0.2) is 0 Å². The molecule has 1 unspecified atom stereocenters. The summed E-state index contributed by atoms with van der Waals surface area (Å²) in [5.41, 5.74) is 1.61. The summed E-state index contributed by atoms with van der Waals surface area (Å²) in [6, 6.07) is 3.74. The molecule has 1 heterocycles. The fourth-order valence-electron chi connectivity index (χ4n) is 3.78. The van der Waals surface area contributed by atoms with E-state index in [4.69, 9.17) is 0 Å². The van der Waals surface area contributed by atoms with Gasteiger partial charge >= 0.3 is 0 Å². The number of hydrogen-bond acceptors (Lipinski definition) is 2. The van der Waals surface area contributed by atoms with E-state index in [-0.39, 0.29) is 0 Å². The van der Waals surface area contributed by atoms with Gasteiger partial charge in [0.2, 0.25) is 0 Å². The van der Waals surface area contributed by atoms with Crippen molar-refractivity contribution < 1.29 is 0 Å². The number of nitrogens with one attached hydrogen (secondary N) is 1. The van der Waals surface area contributed by atoms with E-state index in [0.717, 1.165) is 5.92 Å². The van der Waals surface area contributed by atoms with Crippen molar-refractivity contribution in [1.82, 2.24) is 5.32 Å². The van der Waals surface area contributed by atoms with Crippen molar-refractivity contribution in [2.24, 2.45) is 5.92 Å². The first-order chi connectivity index (χ1) is 9.24. The second-order valence-corrected chi connectivity index (χ2v) is 9.26. The van der Waals surface area contributed by atoms with Gasteiger partial charge < -0.3 is 5.32 Å². The van der Waals surface area contributed by atoms with Crippen molar-refractivity contribution in [3.05, 3.63) is 19.4 Å². The lowest BCUT2D eigenvalue weighted by molar-refractivity contribution is 0.257.